The molecule has 0 aliphatic heterocycles. The van der Waals surface area contributed by atoms with Crippen molar-refractivity contribution in [2.45, 2.75) is 6.54 Å². The molecule has 0 saturated heterocycles. The summed E-state index contributed by atoms with van der Waals surface area (Å²) in [7, 11) is 1.63. The first kappa shape index (κ1) is 18.6. The average molecular weight is 410 g/mol. The Balaban J connectivity index is 1.37. The van der Waals surface area contributed by atoms with Crippen LogP contribution in [0.4, 0.5) is 5.82 Å². The number of nitrogens with zero attached hydrogens (tertiary/aromatic N) is 8. The van der Waals surface area contributed by atoms with Gasteiger partial charge in [0.05, 0.1) is 37.3 Å². The summed E-state index contributed by atoms with van der Waals surface area (Å²) >= 11 is 0. The highest BCUT2D eigenvalue weighted by Crippen LogP contribution is 2.25. The van der Waals surface area contributed by atoms with Gasteiger partial charge < -0.3 is 9.30 Å². The predicted octanol–water partition coefficient (Wildman–Crippen LogP) is 4.29. The second kappa shape index (κ2) is 8.15. The highest BCUT2D eigenvalue weighted by atomic mass is 16.5. The van der Waals surface area contributed by atoms with E-state index in [4.69, 9.17) is 4.74 Å². The highest BCUT2D eigenvalue weighted by molar-refractivity contribution is 5.85. The third kappa shape index (κ3) is 3.76. The summed E-state index contributed by atoms with van der Waals surface area (Å²) in [5, 5.41) is 13.8. The van der Waals surface area contributed by atoms with Gasteiger partial charge in [-0.15, -0.1) is 5.11 Å². The van der Waals surface area contributed by atoms with Crippen LogP contribution in [0.1, 0.15) is 5.56 Å². The summed E-state index contributed by atoms with van der Waals surface area (Å²) in [6, 6.07) is 15.7. The molecule has 2 aromatic carbocycles. The lowest BCUT2D eigenvalue weighted by Crippen LogP contribution is -1.98. The van der Waals surface area contributed by atoms with Crippen molar-refractivity contribution < 1.29 is 4.74 Å². The Hall–Kier alpha value is -4.40. The predicted molar refractivity (Wildman–Crippen MR) is 115 cm³/mol. The van der Waals surface area contributed by atoms with Crippen molar-refractivity contribution in [3.63, 3.8) is 0 Å². The van der Waals surface area contributed by atoms with Gasteiger partial charge in [-0.3, -0.25) is 0 Å². The molecule has 5 aromatic rings. The molecule has 0 N–H and O–H groups in total. The van der Waals surface area contributed by atoms with Crippen LogP contribution in [-0.4, -0.2) is 36.4 Å². The molecule has 9 heteroatoms. The van der Waals surface area contributed by atoms with E-state index < -0.39 is 0 Å². The number of aromatic nitrogens is 6. The molecule has 0 bridgehead atoms. The maximum Gasteiger partial charge on any atom is 0.188 e. The zero-order chi connectivity index (χ0) is 21.0. The fourth-order valence-electron chi connectivity index (χ4n) is 3.21. The molecule has 3 aromatic heterocycles. The molecule has 31 heavy (non-hydrogen) atoms. The number of ether oxygens (including phenoxy) is 1. The zero-order valence-electron chi connectivity index (χ0n) is 16.7. The van der Waals surface area contributed by atoms with Crippen LogP contribution in [0, 0.1) is 0 Å². The van der Waals surface area contributed by atoms with Crippen molar-refractivity contribution >= 4 is 16.9 Å². The molecule has 0 aliphatic rings. The summed E-state index contributed by atoms with van der Waals surface area (Å²) in [6.07, 6.45) is 8.58. The molecule has 3 heterocycles. The Bertz CT molecular complexity index is 1340. The minimum Gasteiger partial charge on any atom is -0.497 e. The van der Waals surface area contributed by atoms with Crippen LogP contribution < -0.4 is 4.74 Å². The Morgan fingerprint density at radius 1 is 1.03 bits per heavy atom. The number of imidazole rings is 1. The number of hydrogen-bond acceptors (Lipinski definition) is 7. The van der Waals surface area contributed by atoms with Gasteiger partial charge >= 0.3 is 0 Å². The molecule has 0 saturated carbocycles. The molecule has 0 fully saturated rings. The third-order valence-corrected chi connectivity index (χ3v) is 4.80. The normalized spacial score (nSPS) is 11.4. The van der Waals surface area contributed by atoms with Crippen molar-refractivity contribution in [2.75, 3.05) is 7.11 Å². The van der Waals surface area contributed by atoms with Gasteiger partial charge in [-0.25, -0.2) is 19.6 Å². The summed E-state index contributed by atoms with van der Waals surface area (Å²) in [6.45, 7) is 0.444. The van der Waals surface area contributed by atoms with Gasteiger partial charge in [-0.1, -0.05) is 18.2 Å². The first-order valence-corrected chi connectivity index (χ1v) is 9.60. The molecular formula is C22H18N8O. The van der Waals surface area contributed by atoms with Gasteiger partial charge in [-0.05, 0) is 29.8 Å². The van der Waals surface area contributed by atoms with Crippen molar-refractivity contribution in [3.05, 3.63) is 85.3 Å². The van der Waals surface area contributed by atoms with Crippen molar-refractivity contribution in [3.8, 4) is 17.1 Å². The first-order chi connectivity index (χ1) is 15.3. The van der Waals surface area contributed by atoms with Crippen molar-refractivity contribution in [1.29, 1.82) is 0 Å². The average Bonchev–Trinajstić information content (AvgIpc) is 3.50. The summed E-state index contributed by atoms with van der Waals surface area (Å²) in [5.74, 6) is 1.23. The molecule has 9 nitrogen and oxygen atoms in total. The molecule has 0 radical (unpaired) electrons. The largest absolute Gasteiger partial charge is 0.497 e. The van der Waals surface area contributed by atoms with Gasteiger partial charge in [0.2, 0.25) is 0 Å². The van der Waals surface area contributed by atoms with Crippen LogP contribution in [0.15, 0.2) is 90.0 Å². The quantitative estimate of drug-likeness (QED) is 0.389. The second-order valence-electron chi connectivity index (χ2n) is 6.73. The lowest BCUT2D eigenvalue weighted by molar-refractivity contribution is 0.414. The monoisotopic (exact) mass is 410 g/mol. The van der Waals surface area contributed by atoms with Crippen LogP contribution in [0.3, 0.4) is 0 Å². The fourth-order valence-corrected chi connectivity index (χ4v) is 3.21. The zero-order valence-corrected chi connectivity index (χ0v) is 16.7. The standard InChI is InChI=1S/C22H18N8O/c1-31-19-4-2-3-18(11-19)30-22-20(13-27-30)21(24-14-25-22)28-26-12-16-5-7-17(8-6-16)29-10-9-23-15-29/h2-11,13-15H,12H2,1H3. The van der Waals surface area contributed by atoms with E-state index in [1.165, 1.54) is 6.33 Å². The number of fused-ring (bicyclic) bond motifs is 1. The van der Waals surface area contributed by atoms with E-state index in [2.05, 4.69) is 30.3 Å². The van der Waals surface area contributed by atoms with E-state index in [0.29, 0.717) is 18.0 Å². The highest BCUT2D eigenvalue weighted by Gasteiger charge is 2.11. The lowest BCUT2D eigenvalue weighted by atomic mass is 10.2. The molecule has 0 spiro atoms. The van der Waals surface area contributed by atoms with E-state index in [1.807, 2.05) is 59.3 Å². The second-order valence-corrected chi connectivity index (χ2v) is 6.73. The van der Waals surface area contributed by atoms with E-state index in [-0.39, 0.29) is 0 Å². The molecule has 0 atom stereocenters. The molecule has 0 amide bonds. The van der Waals surface area contributed by atoms with E-state index >= 15 is 0 Å². The number of hydrogen-bond donors (Lipinski definition) is 0. The van der Waals surface area contributed by atoms with Crippen LogP contribution >= 0.6 is 0 Å². The van der Waals surface area contributed by atoms with Gasteiger partial charge in [0.1, 0.15) is 12.1 Å². The van der Waals surface area contributed by atoms with Crippen molar-refractivity contribution in [2.24, 2.45) is 10.2 Å². The fraction of sp³-hybridized carbons (Fsp3) is 0.0909. The summed E-state index contributed by atoms with van der Waals surface area (Å²) in [4.78, 5) is 12.7. The maximum atomic E-state index is 5.30. The topological polar surface area (TPSA) is 95.4 Å². The summed E-state index contributed by atoms with van der Waals surface area (Å²) < 4.78 is 8.98. The van der Waals surface area contributed by atoms with Gasteiger partial charge in [-0.2, -0.15) is 10.2 Å². The Labute approximate surface area is 177 Å². The van der Waals surface area contributed by atoms with Crippen LogP contribution in [0.25, 0.3) is 22.4 Å². The number of methoxy groups -OCH3 is 1. The number of rotatable bonds is 6. The first-order valence-electron chi connectivity index (χ1n) is 9.60. The molecule has 5 rings (SSSR count). The maximum absolute atomic E-state index is 5.30. The lowest BCUT2D eigenvalue weighted by Gasteiger charge is -2.05. The summed E-state index contributed by atoms with van der Waals surface area (Å²) in [5.41, 5.74) is 3.58. The van der Waals surface area contributed by atoms with E-state index in [1.54, 1.807) is 30.5 Å². The Morgan fingerprint density at radius 3 is 2.74 bits per heavy atom. The van der Waals surface area contributed by atoms with Crippen molar-refractivity contribution in [1.82, 2.24) is 29.3 Å². The SMILES string of the molecule is COc1cccc(-n2ncc3c(N=NCc4ccc(-n5ccnc5)cc4)ncnc32)c1. The van der Waals surface area contributed by atoms with Crippen LogP contribution in [0.5, 0.6) is 5.75 Å². The Morgan fingerprint density at radius 2 is 1.94 bits per heavy atom. The van der Waals surface area contributed by atoms with Gasteiger partial charge in [0.25, 0.3) is 0 Å². The minimum atomic E-state index is 0.444. The van der Waals surface area contributed by atoms with Gasteiger partial charge in [0, 0.05) is 24.1 Å². The van der Waals surface area contributed by atoms with Gasteiger partial charge in [0.15, 0.2) is 11.5 Å². The van der Waals surface area contributed by atoms with E-state index in [9.17, 15) is 0 Å². The third-order valence-electron chi connectivity index (χ3n) is 4.80. The molecule has 0 aliphatic carbocycles. The molecule has 0 unspecified atom stereocenters. The molecular weight excluding hydrogens is 392 g/mol. The number of benzene rings is 2. The van der Waals surface area contributed by atoms with Crippen LogP contribution in [0.2, 0.25) is 0 Å². The van der Waals surface area contributed by atoms with Crippen LogP contribution in [-0.2, 0) is 6.54 Å². The van der Waals surface area contributed by atoms with E-state index in [0.717, 1.165) is 28.1 Å². The smallest absolute Gasteiger partial charge is 0.188 e. The molecule has 152 valence electrons. The number of azo groups is 1. The minimum absolute atomic E-state index is 0.444. The Kier molecular flexibility index (Phi) is 4.89.